The van der Waals surface area contributed by atoms with E-state index in [0.29, 0.717) is 5.92 Å². The quantitative estimate of drug-likeness (QED) is 0.851. The van der Waals surface area contributed by atoms with E-state index in [1.807, 2.05) is 35.8 Å². The molecule has 1 aliphatic heterocycles. The number of hydrogen-bond donors (Lipinski definition) is 0. The highest BCUT2D eigenvalue weighted by Crippen LogP contribution is 2.26. The van der Waals surface area contributed by atoms with Gasteiger partial charge in [0.05, 0.1) is 17.2 Å². The van der Waals surface area contributed by atoms with Crippen LogP contribution < -0.4 is 0 Å². The first-order chi connectivity index (χ1) is 11.5. The van der Waals surface area contributed by atoms with Crippen molar-refractivity contribution in [1.29, 1.82) is 0 Å². The highest BCUT2D eigenvalue weighted by atomic mass is 32.1. The molecule has 2 aromatic rings. The minimum Gasteiger partial charge on any atom is -0.337 e. The molecule has 0 aromatic carbocycles. The number of imidazole rings is 1. The molecule has 0 radical (unpaired) electrons. The van der Waals surface area contributed by atoms with E-state index in [1.54, 1.807) is 11.3 Å². The van der Waals surface area contributed by atoms with Crippen LogP contribution in [0.1, 0.15) is 46.0 Å². The number of aromatic nitrogens is 3. The smallest absolute Gasteiger partial charge is 0.265 e. The zero-order valence-corrected chi connectivity index (χ0v) is 15.6. The average Bonchev–Trinajstić information content (AvgIpc) is 3.14. The lowest BCUT2D eigenvalue weighted by Gasteiger charge is -2.34. The molecule has 2 aromatic heterocycles. The van der Waals surface area contributed by atoms with Crippen molar-refractivity contribution in [2.24, 2.45) is 7.05 Å². The van der Waals surface area contributed by atoms with Crippen molar-refractivity contribution < 1.29 is 4.79 Å². The maximum atomic E-state index is 12.8. The molecule has 1 aliphatic rings. The highest BCUT2D eigenvalue weighted by Gasteiger charge is 2.26. The van der Waals surface area contributed by atoms with Crippen LogP contribution in [0.2, 0.25) is 0 Å². The van der Waals surface area contributed by atoms with Gasteiger partial charge in [-0.2, -0.15) is 0 Å². The van der Waals surface area contributed by atoms with Crippen molar-refractivity contribution >= 4 is 17.2 Å². The fourth-order valence-electron chi connectivity index (χ4n) is 2.86. The number of piperazine rings is 1. The van der Waals surface area contributed by atoms with Gasteiger partial charge in [-0.05, 0) is 6.92 Å². The van der Waals surface area contributed by atoms with Crippen LogP contribution in [-0.2, 0) is 13.6 Å². The van der Waals surface area contributed by atoms with Crippen LogP contribution in [0, 0.1) is 6.92 Å². The Hall–Kier alpha value is -1.73. The Morgan fingerprint density at radius 1 is 1.29 bits per heavy atom. The summed E-state index contributed by atoms with van der Waals surface area (Å²) in [6, 6.07) is 0. The summed E-state index contributed by atoms with van der Waals surface area (Å²) in [6.07, 6.45) is 3.79. The Labute approximate surface area is 147 Å². The lowest BCUT2D eigenvalue weighted by Crippen LogP contribution is -2.48. The fourth-order valence-corrected chi connectivity index (χ4v) is 3.90. The molecule has 24 heavy (non-hydrogen) atoms. The highest BCUT2D eigenvalue weighted by molar-refractivity contribution is 7.13. The van der Waals surface area contributed by atoms with Crippen molar-refractivity contribution in [2.45, 2.75) is 33.2 Å². The van der Waals surface area contributed by atoms with Gasteiger partial charge in [0, 0.05) is 51.5 Å². The maximum absolute atomic E-state index is 12.8. The van der Waals surface area contributed by atoms with Crippen molar-refractivity contribution in [3.05, 3.63) is 33.8 Å². The third-order valence-corrected chi connectivity index (χ3v) is 5.89. The Morgan fingerprint density at radius 3 is 2.54 bits per heavy atom. The predicted molar refractivity (Wildman–Crippen MR) is 95.3 cm³/mol. The van der Waals surface area contributed by atoms with Gasteiger partial charge in [0.2, 0.25) is 0 Å². The summed E-state index contributed by atoms with van der Waals surface area (Å²) in [6.45, 7) is 10.3. The first-order valence-electron chi connectivity index (χ1n) is 8.41. The number of thiazole rings is 1. The Morgan fingerprint density at radius 2 is 2.00 bits per heavy atom. The second kappa shape index (κ2) is 7.03. The van der Waals surface area contributed by atoms with Crippen molar-refractivity contribution in [2.75, 3.05) is 26.2 Å². The third kappa shape index (κ3) is 3.52. The molecule has 0 saturated carbocycles. The number of nitrogens with zero attached hydrogens (tertiary/aromatic N) is 5. The van der Waals surface area contributed by atoms with Gasteiger partial charge >= 0.3 is 0 Å². The molecule has 1 fully saturated rings. The molecule has 0 N–H and O–H groups in total. The average molecular weight is 347 g/mol. The van der Waals surface area contributed by atoms with E-state index in [0.717, 1.165) is 54.1 Å². The topological polar surface area (TPSA) is 54.3 Å². The van der Waals surface area contributed by atoms with Gasteiger partial charge in [0.1, 0.15) is 10.7 Å². The molecular formula is C17H25N5OS. The summed E-state index contributed by atoms with van der Waals surface area (Å²) in [7, 11) is 2.01. The van der Waals surface area contributed by atoms with Crippen LogP contribution in [0.25, 0.3) is 0 Å². The Balaban J connectivity index is 1.60. The first kappa shape index (κ1) is 17.1. The van der Waals surface area contributed by atoms with Gasteiger partial charge < -0.3 is 9.47 Å². The van der Waals surface area contributed by atoms with Crippen LogP contribution in [0.15, 0.2) is 12.4 Å². The molecule has 0 aliphatic carbocycles. The number of hydrogen-bond acceptors (Lipinski definition) is 5. The summed E-state index contributed by atoms with van der Waals surface area (Å²) in [5.41, 5.74) is 0.865. The molecule has 1 amide bonds. The number of amides is 1. The van der Waals surface area contributed by atoms with Gasteiger partial charge in [-0.3, -0.25) is 9.69 Å². The molecule has 0 atom stereocenters. The predicted octanol–water partition coefficient (Wildman–Crippen LogP) is 2.27. The van der Waals surface area contributed by atoms with Crippen LogP contribution in [0.5, 0.6) is 0 Å². The van der Waals surface area contributed by atoms with E-state index in [1.165, 1.54) is 0 Å². The molecule has 3 rings (SSSR count). The Kier molecular flexibility index (Phi) is 5.01. The SMILES string of the molecule is Cc1nc(C(C)C)sc1C(=O)N1CCN(Cc2nccn2C)CC1. The fraction of sp³-hybridized carbons (Fsp3) is 0.588. The Bertz CT molecular complexity index is 712. The summed E-state index contributed by atoms with van der Waals surface area (Å²) >= 11 is 1.55. The van der Waals surface area contributed by atoms with E-state index in [9.17, 15) is 4.79 Å². The van der Waals surface area contributed by atoms with Crippen molar-refractivity contribution in [1.82, 2.24) is 24.3 Å². The van der Waals surface area contributed by atoms with Crippen LogP contribution in [-0.4, -0.2) is 56.4 Å². The van der Waals surface area contributed by atoms with Crippen LogP contribution in [0.3, 0.4) is 0 Å². The van der Waals surface area contributed by atoms with E-state index < -0.39 is 0 Å². The monoisotopic (exact) mass is 347 g/mol. The van der Waals surface area contributed by atoms with E-state index in [4.69, 9.17) is 0 Å². The molecule has 0 unspecified atom stereocenters. The molecule has 3 heterocycles. The van der Waals surface area contributed by atoms with Gasteiger partial charge in [0.15, 0.2) is 0 Å². The van der Waals surface area contributed by atoms with Gasteiger partial charge in [-0.25, -0.2) is 9.97 Å². The molecule has 0 bridgehead atoms. The van der Waals surface area contributed by atoms with E-state index in [-0.39, 0.29) is 5.91 Å². The molecule has 1 saturated heterocycles. The number of carbonyl (C=O) groups excluding carboxylic acids is 1. The normalized spacial score (nSPS) is 16.1. The second-order valence-electron chi connectivity index (χ2n) is 6.64. The van der Waals surface area contributed by atoms with Crippen LogP contribution in [0.4, 0.5) is 0 Å². The molecular weight excluding hydrogens is 322 g/mol. The summed E-state index contributed by atoms with van der Waals surface area (Å²) in [5.74, 6) is 1.56. The van der Waals surface area contributed by atoms with Gasteiger partial charge in [-0.1, -0.05) is 13.8 Å². The number of aryl methyl sites for hydroxylation is 2. The minimum absolute atomic E-state index is 0.133. The zero-order chi connectivity index (χ0) is 17.3. The third-order valence-electron chi connectivity index (χ3n) is 4.45. The summed E-state index contributed by atoms with van der Waals surface area (Å²) < 4.78 is 2.05. The lowest BCUT2D eigenvalue weighted by atomic mass is 10.2. The van der Waals surface area contributed by atoms with Gasteiger partial charge in [0.25, 0.3) is 5.91 Å². The maximum Gasteiger partial charge on any atom is 0.265 e. The number of rotatable bonds is 4. The molecule has 7 heteroatoms. The van der Waals surface area contributed by atoms with Crippen molar-refractivity contribution in [3.63, 3.8) is 0 Å². The van der Waals surface area contributed by atoms with E-state index >= 15 is 0 Å². The largest absolute Gasteiger partial charge is 0.337 e. The standard InChI is InChI=1S/C17H25N5OS/c1-12(2)16-19-13(3)15(24-16)17(23)22-9-7-21(8-10-22)11-14-18-5-6-20(14)4/h5-6,12H,7-11H2,1-4H3. The van der Waals surface area contributed by atoms with Crippen LogP contribution >= 0.6 is 11.3 Å². The minimum atomic E-state index is 0.133. The molecule has 130 valence electrons. The van der Waals surface area contributed by atoms with Gasteiger partial charge in [-0.15, -0.1) is 11.3 Å². The first-order valence-corrected chi connectivity index (χ1v) is 9.22. The van der Waals surface area contributed by atoms with Crippen molar-refractivity contribution in [3.8, 4) is 0 Å². The van der Waals surface area contributed by atoms with E-state index in [2.05, 4.69) is 28.7 Å². The lowest BCUT2D eigenvalue weighted by molar-refractivity contribution is 0.0628. The zero-order valence-electron chi connectivity index (χ0n) is 14.8. The molecule has 0 spiro atoms. The summed E-state index contributed by atoms with van der Waals surface area (Å²) in [5, 5.41) is 1.05. The second-order valence-corrected chi connectivity index (χ2v) is 7.67. The molecule has 6 nitrogen and oxygen atoms in total. The summed E-state index contributed by atoms with van der Waals surface area (Å²) in [4.78, 5) is 26.8. The number of carbonyl (C=O) groups is 1.